The highest BCUT2D eigenvalue weighted by atomic mass is 16.2. The number of nitrogens with zero attached hydrogens (tertiary/aromatic N) is 2. The Morgan fingerprint density at radius 1 is 0.622 bits per heavy atom. The minimum Gasteiger partial charge on any atom is -0.277 e. The van der Waals surface area contributed by atoms with Crippen LogP contribution in [-0.2, 0) is 5.41 Å². The lowest BCUT2D eigenvalue weighted by Crippen LogP contribution is -2.42. The number of allylic oxidation sites excluding steroid dienone is 3. The zero-order valence-electron chi connectivity index (χ0n) is 20.6. The maximum atomic E-state index is 13.6. The maximum Gasteiger partial charge on any atom is 0.265 e. The first-order valence-electron chi connectivity index (χ1n) is 12.0. The quantitative estimate of drug-likeness (QED) is 0.294. The lowest BCUT2D eigenvalue weighted by atomic mass is 9.72. The summed E-state index contributed by atoms with van der Waals surface area (Å²) in [6.07, 6.45) is 7.79. The highest BCUT2D eigenvalue weighted by Crippen LogP contribution is 2.40. The molecule has 3 aromatic carbocycles. The molecular weight excluding hydrogens is 464 g/mol. The molecule has 0 fully saturated rings. The molecule has 184 valence electrons. The first-order chi connectivity index (χ1) is 17.8. The van der Waals surface area contributed by atoms with E-state index in [4.69, 9.17) is 0 Å². The van der Waals surface area contributed by atoms with Gasteiger partial charge in [0.05, 0.1) is 5.69 Å². The number of anilines is 1. The molecule has 0 aromatic heterocycles. The minimum atomic E-state index is -0.498. The first-order valence-corrected chi connectivity index (χ1v) is 12.0. The normalized spacial score (nSPS) is 14.8. The van der Waals surface area contributed by atoms with Crippen LogP contribution in [0.3, 0.4) is 0 Å². The second-order valence-corrected chi connectivity index (χ2v) is 9.49. The number of amides is 4. The van der Waals surface area contributed by atoms with Crippen molar-refractivity contribution in [2.45, 2.75) is 24.7 Å². The maximum absolute atomic E-state index is 13.6. The highest BCUT2D eigenvalue weighted by Gasteiger charge is 2.39. The van der Waals surface area contributed by atoms with Crippen LogP contribution in [0, 0.1) is 0 Å². The van der Waals surface area contributed by atoms with Crippen molar-refractivity contribution in [1.82, 2.24) is 4.90 Å². The third kappa shape index (κ3) is 3.40. The van der Waals surface area contributed by atoms with Gasteiger partial charge in [-0.05, 0) is 61.2 Å². The first kappa shape index (κ1) is 24.1. The number of hydrogen-bond donors (Lipinski definition) is 0. The van der Waals surface area contributed by atoms with Gasteiger partial charge in [-0.2, -0.15) is 0 Å². The average molecular weight is 491 g/mol. The van der Waals surface area contributed by atoms with Crippen LogP contribution in [0.4, 0.5) is 5.69 Å². The van der Waals surface area contributed by atoms with Crippen molar-refractivity contribution in [3.63, 3.8) is 0 Å². The largest absolute Gasteiger partial charge is 0.277 e. The predicted molar refractivity (Wildman–Crippen MR) is 144 cm³/mol. The van der Waals surface area contributed by atoms with Gasteiger partial charge in [0, 0.05) is 45.5 Å². The van der Waals surface area contributed by atoms with E-state index < -0.39 is 23.6 Å². The molecule has 0 saturated carbocycles. The zero-order chi connectivity index (χ0) is 26.5. The Morgan fingerprint density at radius 3 is 1.38 bits per heavy atom. The fourth-order valence-corrected chi connectivity index (χ4v) is 5.63. The van der Waals surface area contributed by atoms with Crippen LogP contribution in [0.1, 0.15) is 66.3 Å². The lowest BCUT2D eigenvalue weighted by Gasteiger charge is -2.33. The van der Waals surface area contributed by atoms with E-state index in [0.29, 0.717) is 27.6 Å². The molecule has 0 bridgehead atoms. The Morgan fingerprint density at radius 2 is 1.00 bits per heavy atom. The molecule has 2 heterocycles. The van der Waals surface area contributed by atoms with Gasteiger partial charge < -0.3 is 0 Å². The summed E-state index contributed by atoms with van der Waals surface area (Å²) >= 11 is 0. The van der Waals surface area contributed by atoms with Gasteiger partial charge in [0.25, 0.3) is 23.6 Å². The Labute approximate surface area is 215 Å². The molecule has 0 saturated heterocycles. The van der Waals surface area contributed by atoms with Crippen LogP contribution in [-0.4, -0.2) is 35.6 Å². The summed E-state index contributed by atoms with van der Waals surface area (Å²) in [5, 5.41) is 0.720. The van der Waals surface area contributed by atoms with Crippen LogP contribution in [0.25, 0.3) is 10.8 Å². The van der Waals surface area contributed by atoms with E-state index in [9.17, 15) is 19.2 Å². The number of rotatable bonds is 8. The Kier molecular flexibility index (Phi) is 5.75. The van der Waals surface area contributed by atoms with E-state index in [1.165, 1.54) is 7.05 Å². The summed E-state index contributed by atoms with van der Waals surface area (Å²) in [5.41, 5.74) is 2.39. The predicted octanol–water partition coefficient (Wildman–Crippen LogP) is 5.83. The summed E-state index contributed by atoms with van der Waals surface area (Å²) in [5.74, 6) is -1.91. The van der Waals surface area contributed by atoms with Crippen LogP contribution >= 0.6 is 0 Å². The number of imide groups is 2. The fourth-order valence-electron chi connectivity index (χ4n) is 5.63. The highest BCUT2D eigenvalue weighted by molar-refractivity contribution is 6.39. The smallest absolute Gasteiger partial charge is 0.265 e. The van der Waals surface area contributed by atoms with Gasteiger partial charge in [0.1, 0.15) is 0 Å². The molecule has 2 aliphatic heterocycles. The van der Waals surface area contributed by atoms with Gasteiger partial charge in [-0.15, -0.1) is 19.7 Å². The van der Waals surface area contributed by atoms with Crippen molar-refractivity contribution < 1.29 is 19.2 Å². The lowest BCUT2D eigenvalue weighted by molar-refractivity contribution is 0.0649. The summed E-state index contributed by atoms with van der Waals surface area (Å²) in [6, 6.07) is 13.6. The standard InChI is InChI=1S/C31H26N2O4/c1-5-16-31(17-6-2,18-7-3)19-8-10-20(11-9-19)33-29(36)23-14-12-21-25-22(28(35)32(4)27(21)34)13-15-24(26(23)25)30(33)37/h5-15H,1-3,16-18H2,4H3. The van der Waals surface area contributed by atoms with Gasteiger partial charge in [-0.25, -0.2) is 4.90 Å². The van der Waals surface area contributed by atoms with Gasteiger partial charge in [-0.1, -0.05) is 30.4 Å². The summed E-state index contributed by atoms with van der Waals surface area (Å²) in [6.45, 7) is 11.7. The topological polar surface area (TPSA) is 74.8 Å². The molecule has 6 heteroatoms. The Hall–Kier alpha value is -4.58. The van der Waals surface area contributed by atoms with Gasteiger partial charge in [0.15, 0.2) is 0 Å². The third-order valence-electron chi connectivity index (χ3n) is 7.44. The van der Waals surface area contributed by atoms with Crippen molar-refractivity contribution in [3.8, 4) is 0 Å². The van der Waals surface area contributed by atoms with Crippen LogP contribution in [0.5, 0.6) is 0 Å². The van der Waals surface area contributed by atoms with E-state index in [1.807, 2.05) is 30.4 Å². The van der Waals surface area contributed by atoms with E-state index in [1.54, 1.807) is 36.4 Å². The molecule has 0 radical (unpaired) electrons. The second kappa shape index (κ2) is 8.82. The van der Waals surface area contributed by atoms with Crippen molar-refractivity contribution in [2.75, 3.05) is 11.9 Å². The van der Waals surface area contributed by atoms with Gasteiger partial charge >= 0.3 is 0 Å². The summed E-state index contributed by atoms with van der Waals surface area (Å²) in [7, 11) is 1.42. The van der Waals surface area contributed by atoms with Crippen LogP contribution in [0.15, 0.2) is 86.5 Å². The Balaban J connectivity index is 1.61. The van der Waals surface area contributed by atoms with Crippen molar-refractivity contribution in [1.29, 1.82) is 0 Å². The summed E-state index contributed by atoms with van der Waals surface area (Å²) in [4.78, 5) is 55.0. The molecule has 2 aliphatic rings. The van der Waals surface area contributed by atoms with Crippen molar-refractivity contribution in [3.05, 3.63) is 114 Å². The molecule has 0 spiro atoms. The number of hydrogen-bond acceptors (Lipinski definition) is 4. The molecule has 4 amide bonds. The Bertz CT molecular complexity index is 1450. The molecule has 3 aromatic rings. The van der Waals surface area contributed by atoms with E-state index in [-0.39, 0.29) is 16.5 Å². The monoisotopic (exact) mass is 490 g/mol. The van der Waals surface area contributed by atoms with E-state index in [0.717, 1.165) is 34.6 Å². The molecule has 6 nitrogen and oxygen atoms in total. The molecule has 37 heavy (non-hydrogen) atoms. The molecule has 5 rings (SSSR count). The van der Waals surface area contributed by atoms with Crippen LogP contribution < -0.4 is 4.90 Å². The minimum absolute atomic E-state index is 0.259. The molecular formula is C31H26N2O4. The van der Waals surface area contributed by atoms with Crippen molar-refractivity contribution in [2.24, 2.45) is 0 Å². The molecule has 0 unspecified atom stereocenters. The average Bonchev–Trinajstić information content (AvgIpc) is 2.90. The van der Waals surface area contributed by atoms with Crippen molar-refractivity contribution >= 4 is 40.1 Å². The zero-order valence-corrected chi connectivity index (χ0v) is 20.6. The molecule has 0 N–H and O–H groups in total. The number of benzene rings is 3. The fraction of sp³-hybridized carbons (Fsp3) is 0.161. The number of carbonyl (C=O) groups is 4. The second-order valence-electron chi connectivity index (χ2n) is 9.49. The molecule has 0 aliphatic carbocycles. The summed E-state index contributed by atoms with van der Waals surface area (Å²) < 4.78 is 0. The third-order valence-corrected chi connectivity index (χ3v) is 7.44. The number of carbonyl (C=O) groups excluding carboxylic acids is 4. The SMILES string of the molecule is C=CCC(CC=C)(CC=C)c1ccc(N2C(=O)c3ccc4c5c(ccc(c35)C2=O)C(=O)N(C)C4=O)cc1. The van der Waals surface area contributed by atoms with Gasteiger partial charge in [0.2, 0.25) is 0 Å². The van der Waals surface area contributed by atoms with Gasteiger partial charge in [-0.3, -0.25) is 24.1 Å². The van der Waals surface area contributed by atoms with Crippen LogP contribution in [0.2, 0.25) is 0 Å². The van der Waals surface area contributed by atoms with E-state index in [2.05, 4.69) is 19.7 Å². The van der Waals surface area contributed by atoms with E-state index >= 15 is 0 Å². The molecule has 0 atom stereocenters.